The zero-order valence-corrected chi connectivity index (χ0v) is 10.3. The monoisotopic (exact) mass is 241 g/mol. The van der Waals surface area contributed by atoms with E-state index in [-0.39, 0.29) is 0 Å². The summed E-state index contributed by atoms with van der Waals surface area (Å²) in [5.41, 5.74) is 6.44. The average molecular weight is 241 g/mol. The maximum atomic E-state index is 11.1. The lowest BCUT2D eigenvalue weighted by molar-refractivity contribution is -0.147. The third kappa shape index (κ3) is 3.06. The normalized spacial score (nSPS) is 11.9. The molecule has 88 valence electrons. The number of anilines is 1. The van der Waals surface area contributed by atoms with Gasteiger partial charge in [0, 0.05) is 16.6 Å². The minimum Gasteiger partial charge on any atom is -0.479 e. The predicted molar refractivity (Wildman–Crippen MR) is 64.7 cm³/mol. The highest BCUT2D eigenvalue weighted by Gasteiger charge is 2.14. The Hall–Kier alpha value is -1.36. The second-order valence-corrected chi connectivity index (χ2v) is 4.04. The summed E-state index contributed by atoms with van der Waals surface area (Å²) >= 11 is 1.56. The van der Waals surface area contributed by atoms with Gasteiger partial charge in [-0.2, -0.15) is 0 Å². The number of nitrogen functional groups attached to an aromatic ring is 1. The van der Waals surface area contributed by atoms with Crippen LogP contribution in [0.15, 0.2) is 23.1 Å². The first kappa shape index (κ1) is 12.7. The Balaban J connectivity index is 2.75. The second kappa shape index (κ2) is 5.65. The zero-order valence-electron chi connectivity index (χ0n) is 9.52. The summed E-state index contributed by atoms with van der Waals surface area (Å²) in [6.45, 7) is 1.63. The number of rotatable bonds is 4. The van der Waals surface area contributed by atoms with E-state index in [1.54, 1.807) is 30.8 Å². The molecule has 4 nitrogen and oxygen atoms in total. The summed E-state index contributed by atoms with van der Waals surface area (Å²) in [6.07, 6.45) is 1.31. The van der Waals surface area contributed by atoms with E-state index in [2.05, 4.69) is 4.74 Å². The van der Waals surface area contributed by atoms with Gasteiger partial charge in [0.15, 0.2) is 6.10 Å². The fourth-order valence-corrected chi connectivity index (χ4v) is 1.70. The van der Waals surface area contributed by atoms with E-state index in [1.165, 1.54) is 7.11 Å². The Morgan fingerprint density at radius 2 is 2.19 bits per heavy atom. The summed E-state index contributed by atoms with van der Waals surface area (Å²) in [4.78, 5) is 12.1. The number of carbonyl (C=O) groups is 1. The van der Waals surface area contributed by atoms with Crippen molar-refractivity contribution in [1.82, 2.24) is 0 Å². The van der Waals surface area contributed by atoms with Crippen LogP contribution < -0.4 is 10.5 Å². The van der Waals surface area contributed by atoms with Gasteiger partial charge in [0.1, 0.15) is 5.75 Å². The van der Waals surface area contributed by atoms with Gasteiger partial charge >= 0.3 is 5.97 Å². The van der Waals surface area contributed by atoms with Gasteiger partial charge in [-0.3, -0.25) is 0 Å². The zero-order chi connectivity index (χ0) is 12.1. The van der Waals surface area contributed by atoms with Crippen molar-refractivity contribution in [2.75, 3.05) is 19.1 Å². The van der Waals surface area contributed by atoms with Crippen LogP contribution in [0, 0.1) is 0 Å². The average Bonchev–Trinajstić information content (AvgIpc) is 2.28. The summed E-state index contributed by atoms with van der Waals surface area (Å²) in [6, 6.07) is 5.34. The summed E-state index contributed by atoms with van der Waals surface area (Å²) in [7, 11) is 1.33. The first-order chi connectivity index (χ1) is 7.58. The Bertz CT molecular complexity index is 381. The molecule has 0 saturated carbocycles. The number of hydrogen-bond donors (Lipinski definition) is 1. The largest absolute Gasteiger partial charge is 0.479 e. The quantitative estimate of drug-likeness (QED) is 0.496. The van der Waals surface area contributed by atoms with Crippen LogP contribution >= 0.6 is 11.8 Å². The van der Waals surface area contributed by atoms with Gasteiger partial charge in [0.2, 0.25) is 0 Å². The lowest BCUT2D eigenvalue weighted by Crippen LogP contribution is -2.24. The number of hydrogen-bond acceptors (Lipinski definition) is 5. The Kier molecular flexibility index (Phi) is 4.49. The van der Waals surface area contributed by atoms with E-state index in [0.717, 1.165) is 4.90 Å². The summed E-state index contributed by atoms with van der Waals surface area (Å²) in [5.74, 6) is 0.153. The van der Waals surface area contributed by atoms with Crippen LogP contribution in [0.1, 0.15) is 6.92 Å². The van der Waals surface area contributed by atoms with Crippen molar-refractivity contribution in [1.29, 1.82) is 0 Å². The van der Waals surface area contributed by atoms with E-state index in [4.69, 9.17) is 10.5 Å². The van der Waals surface area contributed by atoms with Gasteiger partial charge in [0.25, 0.3) is 0 Å². The molecule has 1 rings (SSSR count). The topological polar surface area (TPSA) is 61.5 Å². The molecule has 5 heteroatoms. The van der Waals surface area contributed by atoms with E-state index < -0.39 is 12.1 Å². The van der Waals surface area contributed by atoms with Gasteiger partial charge in [-0.15, -0.1) is 11.8 Å². The third-order valence-electron chi connectivity index (χ3n) is 2.05. The predicted octanol–water partition coefficient (Wildman–Crippen LogP) is 1.93. The molecule has 0 aliphatic carbocycles. The number of esters is 1. The van der Waals surface area contributed by atoms with Crippen molar-refractivity contribution in [3.05, 3.63) is 18.2 Å². The molecule has 0 unspecified atom stereocenters. The molecule has 16 heavy (non-hydrogen) atoms. The molecule has 1 atom stereocenters. The van der Waals surface area contributed by atoms with Crippen LogP contribution in [0.5, 0.6) is 5.75 Å². The Morgan fingerprint density at radius 1 is 1.50 bits per heavy atom. The molecule has 0 saturated heterocycles. The molecule has 0 fully saturated rings. The molecule has 0 heterocycles. The van der Waals surface area contributed by atoms with E-state index in [0.29, 0.717) is 11.4 Å². The van der Waals surface area contributed by atoms with Crippen LogP contribution in [-0.4, -0.2) is 25.4 Å². The highest BCUT2D eigenvalue weighted by Crippen LogP contribution is 2.27. The highest BCUT2D eigenvalue weighted by molar-refractivity contribution is 7.98. The van der Waals surface area contributed by atoms with Gasteiger partial charge in [-0.25, -0.2) is 4.79 Å². The standard InChI is InChI=1S/C11H15NO3S/c1-7(11(13)14-2)15-8-4-5-10(16-3)9(12)6-8/h4-7H,12H2,1-3H3/t7-/m0/s1. The van der Waals surface area contributed by atoms with Crippen LogP contribution in [-0.2, 0) is 9.53 Å². The Morgan fingerprint density at radius 3 is 2.69 bits per heavy atom. The van der Waals surface area contributed by atoms with Gasteiger partial charge < -0.3 is 15.2 Å². The third-order valence-corrected chi connectivity index (χ3v) is 2.86. The van der Waals surface area contributed by atoms with E-state index in [9.17, 15) is 4.79 Å². The maximum absolute atomic E-state index is 11.1. The first-order valence-corrected chi connectivity index (χ1v) is 5.99. The SMILES string of the molecule is COC(=O)[C@H](C)Oc1ccc(SC)c(N)c1. The number of thioether (sulfide) groups is 1. The minimum atomic E-state index is -0.635. The molecular formula is C11H15NO3S. The van der Waals surface area contributed by atoms with Gasteiger partial charge in [0.05, 0.1) is 7.11 Å². The number of benzene rings is 1. The molecule has 0 aromatic heterocycles. The number of methoxy groups -OCH3 is 1. The number of nitrogens with two attached hydrogens (primary N) is 1. The van der Waals surface area contributed by atoms with Gasteiger partial charge in [-0.1, -0.05) is 0 Å². The van der Waals surface area contributed by atoms with Crippen LogP contribution in [0.2, 0.25) is 0 Å². The van der Waals surface area contributed by atoms with E-state index >= 15 is 0 Å². The first-order valence-electron chi connectivity index (χ1n) is 4.76. The molecule has 0 aliphatic heterocycles. The van der Waals surface area contributed by atoms with Crippen molar-refractivity contribution in [2.24, 2.45) is 0 Å². The molecule has 1 aromatic rings. The summed E-state index contributed by atoms with van der Waals surface area (Å²) in [5, 5.41) is 0. The smallest absolute Gasteiger partial charge is 0.346 e. The number of carbonyl (C=O) groups excluding carboxylic acids is 1. The van der Waals surface area contributed by atoms with Crippen molar-refractivity contribution >= 4 is 23.4 Å². The number of ether oxygens (including phenoxy) is 2. The molecule has 0 amide bonds. The molecular weight excluding hydrogens is 226 g/mol. The maximum Gasteiger partial charge on any atom is 0.346 e. The lowest BCUT2D eigenvalue weighted by atomic mass is 10.3. The molecule has 1 aromatic carbocycles. The highest BCUT2D eigenvalue weighted by atomic mass is 32.2. The van der Waals surface area contributed by atoms with Crippen molar-refractivity contribution in [3.8, 4) is 5.75 Å². The van der Waals surface area contributed by atoms with Crippen LogP contribution in [0.4, 0.5) is 5.69 Å². The minimum absolute atomic E-state index is 0.410. The molecule has 0 radical (unpaired) electrons. The molecule has 2 N–H and O–H groups in total. The van der Waals surface area contributed by atoms with Crippen molar-refractivity contribution < 1.29 is 14.3 Å². The fourth-order valence-electron chi connectivity index (χ4n) is 1.20. The summed E-state index contributed by atoms with van der Waals surface area (Å²) < 4.78 is 9.94. The van der Waals surface area contributed by atoms with Crippen molar-refractivity contribution in [3.63, 3.8) is 0 Å². The van der Waals surface area contributed by atoms with E-state index in [1.807, 2.05) is 12.3 Å². The molecule has 0 spiro atoms. The van der Waals surface area contributed by atoms with Crippen LogP contribution in [0.3, 0.4) is 0 Å². The Labute approximate surface area is 99.1 Å². The van der Waals surface area contributed by atoms with Gasteiger partial charge in [-0.05, 0) is 25.3 Å². The van der Waals surface area contributed by atoms with Crippen molar-refractivity contribution in [2.45, 2.75) is 17.9 Å². The second-order valence-electron chi connectivity index (χ2n) is 3.19. The van der Waals surface area contributed by atoms with Crippen LogP contribution in [0.25, 0.3) is 0 Å². The molecule has 0 aliphatic rings. The fraction of sp³-hybridized carbons (Fsp3) is 0.364. The molecule has 0 bridgehead atoms. The lowest BCUT2D eigenvalue weighted by Gasteiger charge is -2.13.